The van der Waals surface area contributed by atoms with Crippen LogP contribution in [0.4, 0.5) is 13.2 Å². The van der Waals surface area contributed by atoms with E-state index in [4.69, 9.17) is 10.00 Å². The number of halogens is 3. The number of nitrogens with one attached hydrogen (secondary N) is 1. The summed E-state index contributed by atoms with van der Waals surface area (Å²) in [5.74, 6) is 0.227. The number of nitrogens with zero attached hydrogens (tertiary/aromatic N) is 2. The summed E-state index contributed by atoms with van der Waals surface area (Å²) in [6, 6.07) is 5.10. The van der Waals surface area contributed by atoms with E-state index in [1.807, 2.05) is 19.9 Å². The van der Waals surface area contributed by atoms with Gasteiger partial charge in [0.25, 0.3) is 0 Å². The number of ether oxygens (including phenoxy) is 1. The van der Waals surface area contributed by atoms with Gasteiger partial charge in [0.1, 0.15) is 23.2 Å². The number of benzene rings is 1. The smallest absolute Gasteiger partial charge is 0.416 e. The zero-order chi connectivity index (χ0) is 17.6. The van der Waals surface area contributed by atoms with E-state index in [1.165, 1.54) is 13.1 Å². The zero-order valence-corrected chi connectivity index (χ0v) is 13.2. The van der Waals surface area contributed by atoms with E-state index in [9.17, 15) is 13.2 Å². The van der Waals surface area contributed by atoms with Crippen molar-refractivity contribution < 1.29 is 17.9 Å². The van der Waals surface area contributed by atoms with Crippen LogP contribution < -0.4 is 10.1 Å². The molecule has 1 rings (SSSR count). The predicted molar refractivity (Wildman–Crippen MR) is 82.9 cm³/mol. The summed E-state index contributed by atoms with van der Waals surface area (Å²) >= 11 is 0. The van der Waals surface area contributed by atoms with Crippen LogP contribution in [0.5, 0.6) is 5.75 Å². The van der Waals surface area contributed by atoms with Gasteiger partial charge in [-0.1, -0.05) is 13.8 Å². The van der Waals surface area contributed by atoms with Crippen LogP contribution in [0.1, 0.15) is 25.0 Å². The number of aliphatic imine (C=N–C) groups is 1. The minimum atomic E-state index is -4.54. The maximum atomic E-state index is 13.1. The summed E-state index contributed by atoms with van der Waals surface area (Å²) in [5.41, 5.74) is -0.701. The zero-order valence-electron chi connectivity index (χ0n) is 13.2. The third-order valence-electron chi connectivity index (χ3n) is 2.85. The average molecular weight is 325 g/mol. The molecule has 0 unspecified atom stereocenters. The molecule has 0 fully saturated rings. The molecule has 1 aromatic rings. The minimum absolute atomic E-state index is 0.0223. The fraction of sp³-hybridized carbons (Fsp3) is 0.375. The molecule has 1 aromatic carbocycles. The molecule has 0 aliphatic carbocycles. The van der Waals surface area contributed by atoms with Gasteiger partial charge in [0.05, 0.1) is 12.2 Å². The lowest BCUT2D eigenvalue weighted by Crippen LogP contribution is -2.10. The van der Waals surface area contributed by atoms with Crippen LogP contribution in [0.15, 0.2) is 28.9 Å². The number of hydrogen-bond donors (Lipinski definition) is 1. The van der Waals surface area contributed by atoms with Gasteiger partial charge in [-0.3, -0.25) is 4.99 Å². The van der Waals surface area contributed by atoms with Crippen molar-refractivity contribution in [2.45, 2.75) is 20.0 Å². The Morgan fingerprint density at radius 3 is 2.48 bits per heavy atom. The van der Waals surface area contributed by atoms with Crippen molar-refractivity contribution in [1.82, 2.24) is 5.32 Å². The number of allylic oxidation sites excluding steroid dienone is 1. The highest BCUT2D eigenvalue weighted by molar-refractivity contribution is 5.74. The summed E-state index contributed by atoms with van der Waals surface area (Å²) in [6.45, 7) is 7.38. The van der Waals surface area contributed by atoms with E-state index in [-0.39, 0.29) is 35.2 Å². The molecule has 124 valence electrons. The SMILES string of the molecule is C=N/C(=C(/C#N)NC)c1cc(OCC(C)C)cc(C(F)(F)F)c1. The maximum Gasteiger partial charge on any atom is 0.416 e. The molecule has 4 nitrogen and oxygen atoms in total. The van der Waals surface area contributed by atoms with Crippen molar-refractivity contribution >= 4 is 12.4 Å². The van der Waals surface area contributed by atoms with Gasteiger partial charge in [-0.25, -0.2) is 0 Å². The Bertz CT molecular complexity index is 643. The van der Waals surface area contributed by atoms with E-state index in [1.54, 1.807) is 0 Å². The van der Waals surface area contributed by atoms with E-state index in [0.29, 0.717) is 0 Å². The van der Waals surface area contributed by atoms with Crippen LogP contribution in [0, 0.1) is 17.2 Å². The Kier molecular flexibility index (Phi) is 6.19. The van der Waals surface area contributed by atoms with Gasteiger partial charge in [0.2, 0.25) is 0 Å². The molecule has 1 N–H and O–H groups in total. The van der Waals surface area contributed by atoms with Crippen molar-refractivity contribution in [2.24, 2.45) is 10.9 Å². The maximum absolute atomic E-state index is 13.1. The first kappa shape index (κ1) is 18.6. The monoisotopic (exact) mass is 325 g/mol. The Morgan fingerprint density at radius 2 is 2.04 bits per heavy atom. The molecular formula is C16H18F3N3O. The third kappa shape index (κ3) is 5.02. The molecular weight excluding hydrogens is 307 g/mol. The van der Waals surface area contributed by atoms with Gasteiger partial charge in [-0.05, 0) is 30.8 Å². The van der Waals surface area contributed by atoms with Crippen LogP contribution in [-0.2, 0) is 6.18 Å². The number of hydrogen-bond acceptors (Lipinski definition) is 4. The predicted octanol–water partition coefficient (Wildman–Crippen LogP) is 3.85. The lowest BCUT2D eigenvalue weighted by molar-refractivity contribution is -0.137. The first-order chi connectivity index (χ1) is 10.7. The van der Waals surface area contributed by atoms with Gasteiger partial charge in [-0.2, -0.15) is 18.4 Å². The Balaban J connectivity index is 3.47. The Hall–Kier alpha value is -2.49. The van der Waals surface area contributed by atoms with Crippen LogP contribution >= 0.6 is 0 Å². The molecule has 7 heteroatoms. The molecule has 0 heterocycles. The molecule has 0 aromatic heterocycles. The highest BCUT2D eigenvalue weighted by atomic mass is 19.4. The van der Waals surface area contributed by atoms with E-state index in [2.05, 4.69) is 17.0 Å². The molecule has 23 heavy (non-hydrogen) atoms. The molecule has 0 bridgehead atoms. The van der Waals surface area contributed by atoms with Crippen LogP contribution in [0.2, 0.25) is 0 Å². The standard InChI is InChI=1S/C16H18F3N3O/c1-10(2)9-23-13-6-11(5-12(7-13)16(17,18)19)15(22-4)14(8-20)21-3/h5-7,10,21H,4,9H2,1-3H3/b15-14-. The first-order valence-electron chi connectivity index (χ1n) is 6.87. The lowest BCUT2D eigenvalue weighted by Gasteiger charge is -2.15. The summed E-state index contributed by atoms with van der Waals surface area (Å²) in [4.78, 5) is 3.68. The largest absolute Gasteiger partial charge is 0.493 e. The second-order valence-corrected chi connectivity index (χ2v) is 5.19. The highest BCUT2D eigenvalue weighted by Crippen LogP contribution is 2.35. The lowest BCUT2D eigenvalue weighted by atomic mass is 10.1. The average Bonchev–Trinajstić information content (AvgIpc) is 2.49. The molecule has 0 aliphatic heterocycles. The molecule has 0 atom stereocenters. The normalized spacial score (nSPS) is 12.4. The van der Waals surface area contributed by atoms with E-state index in [0.717, 1.165) is 12.1 Å². The van der Waals surface area contributed by atoms with Crippen molar-refractivity contribution in [3.8, 4) is 11.8 Å². The quantitative estimate of drug-likeness (QED) is 0.638. The molecule has 0 amide bonds. The highest BCUT2D eigenvalue weighted by Gasteiger charge is 2.32. The van der Waals surface area contributed by atoms with Crippen LogP contribution in [0.3, 0.4) is 0 Å². The fourth-order valence-electron chi connectivity index (χ4n) is 1.79. The van der Waals surface area contributed by atoms with Gasteiger partial charge >= 0.3 is 6.18 Å². The van der Waals surface area contributed by atoms with E-state index < -0.39 is 11.7 Å². The number of rotatable bonds is 6. The van der Waals surface area contributed by atoms with Gasteiger partial charge in [0.15, 0.2) is 0 Å². The van der Waals surface area contributed by atoms with Crippen LogP contribution in [-0.4, -0.2) is 20.4 Å². The van der Waals surface area contributed by atoms with Gasteiger partial charge in [0, 0.05) is 12.6 Å². The molecule has 0 aliphatic rings. The Labute approximate surface area is 133 Å². The van der Waals surface area contributed by atoms with Crippen molar-refractivity contribution in [1.29, 1.82) is 5.26 Å². The first-order valence-corrected chi connectivity index (χ1v) is 6.87. The second-order valence-electron chi connectivity index (χ2n) is 5.19. The number of nitriles is 1. The van der Waals surface area contributed by atoms with Crippen LogP contribution in [0.25, 0.3) is 5.70 Å². The molecule has 0 saturated heterocycles. The minimum Gasteiger partial charge on any atom is -0.493 e. The summed E-state index contributed by atoms with van der Waals surface area (Å²) in [6.07, 6.45) is -4.54. The Morgan fingerprint density at radius 1 is 1.39 bits per heavy atom. The molecule has 0 spiro atoms. The summed E-state index contributed by atoms with van der Waals surface area (Å²) in [7, 11) is 1.48. The molecule has 0 saturated carbocycles. The van der Waals surface area contributed by atoms with Gasteiger partial charge in [-0.15, -0.1) is 0 Å². The van der Waals surface area contributed by atoms with Crippen molar-refractivity contribution in [2.75, 3.05) is 13.7 Å². The number of alkyl halides is 3. The summed E-state index contributed by atoms with van der Waals surface area (Å²) < 4.78 is 44.6. The third-order valence-corrected chi connectivity index (χ3v) is 2.85. The topological polar surface area (TPSA) is 57.4 Å². The van der Waals surface area contributed by atoms with Crippen molar-refractivity contribution in [3.63, 3.8) is 0 Å². The van der Waals surface area contributed by atoms with E-state index >= 15 is 0 Å². The summed E-state index contributed by atoms with van der Waals surface area (Å²) in [5, 5.41) is 11.6. The fourth-order valence-corrected chi connectivity index (χ4v) is 1.79. The molecule has 0 radical (unpaired) electrons. The van der Waals surface area contributed by atoms with Crippen molar-refractivity contribution in [3.05, 3.63) is 35.0 Å². The second kappa shape index (κ2) is 7.68. The van der Waals surface area contributed by atoms with Gasteiger partial charge < -0.3 is 10.1 Å².